The van der Waals surface area contributed by atoms with Crippen LogP contribution >= 0.6 is 0 Å². The number of nitrogens with one attached hydrogen (secondary N) is 1. The maximum absolute atomic E-state index is 14.1. The molecule has 0 atom stereocenters. The lowest BCUT2D eigenvalue weighted by Crippen LogP contribution is -2.23. The number of carbonyl (C=O) groups is 2. The van der Waals surface area contributed by atoms with Crippen molar-refractivity contribution in [2.45, 2.75) is 25.7 Å². The van der Waals surface area contributed by atoms with Crippen LogP contribution in [0, 0.1) is 11.6 Å². The molecule has 10 heteroatoms. The number of aryl methyl sites for hydroxylation is 1. The number of hydrogen-bond acceptors (Lipinski definition) is 6. The second-order valence-corrected chi connectivity index (χ2v) is 11.1. The molecule has 3 aromatic heterocycles. The molecule has 0 spiro atoms. The minimum absolute atomic E-state index is 0.0259. The Morgan fingerprint density at radius 1 is 0.935 bits per heavy atom. The molecule has 1 amide bonds. The molecule has 0 radical (unpaired) electrons. The quantitative estimate of drug-likeness (QED) is 0.170. The first kappa shape index (κ1) is 29.0. The summed E-state index contributed by atoms with van der Waals surface area (Å²) in [5.74, 6) is -1.30. The second kappa shape index (κ2) is 12.3. The molecule has 0 aliphatic carbocycles. The number of nitrogens with zero attached hydrogens (tertiary/aromatic N) is 5. The van der Waals surface area contributed by atoms with Gasteiger partial charge in [-0.1, -0.05) is 24.3 Å². The van der Waals surface area contributed by atoms with Crippen LogP contribution in [-0.2, 0) is 11.2 Å². The van der Waals surface area contributed by atoms with Crippen LogP contribution in [0.15, 0.2) is 103 Å². The van der Waals surface area contributed by atoms with Gasteiger partial charge >= 0.3 is 0 Å². The van der Waals surface area contributed by atoms with E-state index < -0.39 is 17.4 Å². The molecular formula is C36H28F2N6O2. The fourth-order valence-corrected chi connectivity index (χ4v) is 5.76. The molecule has 6 aromatic rings. The van der Waals surface area contributed by atoms with E-state index in [0.29, 0.717) is 30.2 Å². The van der Waals surface area contributed by atoms with Crippen molar-refractivity contribution in [1.82, 2.24) is 19.6 Å². The molecule has 0 unspecified atom stereocenters. The summed E-state index contributed by atoms with van der Waals surface area (Å²) in [6.45, 7) is 0.731. The van der Waals surface area contributed by atoms with E-state index in [1.54, 1.807) is 15.6 Å². The first-order valence-corrected chi connectivity index (χ1v) is 15.0. The standard InChI is InChI=1S/C36H28F2N6O2/c37-25-10-15-29(38)28(22-25)32(45)16-9-23-5-3-6-24(21-23)35-34(31-7-1-2-20-44(31)42-35)30-17-18-39-36(41-30)40-26-11-13-27(14-12-26)43-19-4-8-33(43)46/h1-3,5-7,10-15,17-18,20-22H,4,8-9,16,19H2,(H,39,40,41). The molecular weight excluding hydrogens is 586 g/mol. The number of pyridine rings is 1. The minimum Gasteiger partial charge on any atom is -0.324 e. The predicted octanol–water partition coefficient (Wildman–Crippen LogP) is 7.42. The van der Waals surface area contributed by atoms with E-state index in [2.05, 4.69) is 10.3 Å². The maximum atomic E-state index is 14.1. The monoisotopic (exact) mass is 614 g/mol. The lowest BCUT2D eigenvalue weighted by atomic mass is 9.98. The molecule has 1 saturated heterocycles. The smallest absolute Gasteiger partial charge is 0.227 e. The number of Topliss-reactive ketones (excluding diaryl/α,β-unsaturated/α-hetero) is 1. The lowest BCUT2D eigenvalue weighted by molar-refractivity contribution is -0.117. The number of ketones is 1. The lowest BCUT2D eigenvalue weighted by Gasteiger charge is -2.16. The Morgan fingerprint density at radius 2 is 1.80 bits per heavy atom. The van der Waals surface area contributed by atoms with Crippen molar-refractivity contribution in [3.05, 3.63) is 126 Å². The van der Waals surface area contributed by atoms with Crippen molar-refractivity contribution in [3.63, 3.8) is 0 Å². The number of anilines is 3. The average Bonchev–Trinajstić information content (AvgIpc) is 3.69. The highest BCUT2D eigenvalue weighted by Gasteiger charge is 2.22. The fraction of sp³-hybridized carbons (Fsp3) is 0.139. The summed E-state index contributed by atoms with van der Waals surface area (Å²) in [6.07, 6.45) is 5.37. The van der Waals surface area contributed by atoms with Gasteiger partial charge in [-0.05, 0) is 85.1 Å². The molecule has 0 saturated carbocycles. The van der Waals surface area contributed by atoms with Gasteiger partial charge in [-0.3, -0.25) is 9.59 Å². The topological polar surface area (TPSA) is 92.5 Å². The Labute approximate surface area is 263 Å². The first-order chi connectivity index (χ1) is 22.4. The molecule has 3 aromatic carbocycles. The average molecular weight is 615 g/mol. The van der Waals surface area contributed by atoms with E-state index in [-0.39, 0.29) is 17.9 Å². The molecule has 4 heterocycles. The van der Waals surface area contributed by atoms with Crippen LogP contribution in [0.5, 0.6) is 0 Å². The Bertz CT molecular complexity index is 2090. The van der Waals surface area contributed by atoms with Crippen LogP contribution < -0.4 is 10.2 Å². The SMILES string of the molecule is O=C(CCc1cccc(-c2nn3ccccc3c2-c2ccnc(Nc3ccc(N4CCCC4=O)cc3)n2)c1)c1cc(F)ccc1F. The van der Waals surface area contributed by atoms with E-state index in [4.69, 9.17) is 10.1 Å². The van der Waals surface area contributed by atoms with Crippen LogP contribution in [0.3, 0.4) is 0 Å². The van der Waals surface area contributed by atoms with Crippen molar-refractivity contribution >= 4 is 34.5 Å². The fourth-order valence-electron chi connectivity index (χ4n) is 5.76. The normalized spacial score (nSPS) is 13.0. The van der Waals surface area contributed by atoms with E-state index in [1.807, 2.05) is 79.0 Å². The zero-order chi connectivity index (χ0) is 31.6. The number of carbonyl (C=O) groups excluding carboxylic acids is 2. The van der Waals surface area contributed by atoms with E-state index in [0.717, 1.165) is 64.7 Å². The molecule has 0 bridgehead atoms. The van der Waals surface area contributed by atoms with Crippen molar-refractivity contribution in [2.75, 3.05) is 16.8 Å². The number of aromatic nitrogens is 4. The highest BCUT2D eigenvalue weighted by Crippen LogP contribution is 2.35. The summed E-state index contributed by atoms with van der Waals surface area (Å²) >= 11 is 0. The Balaban J connectivity index is 1.16. The van der Waals surface area contributed by atoms with Crippen LogP contribution in [-0.4, -0.2) is 37.8 Å². The number of halogens is 2. The molecule has 46 heavy (non-hydrogen) atoms. The first-order valence-electron chi connectivity index (χ1n) is 15.0. The Hall–Kier alpha value is -5.77. The predicted molar refractivity (Wildman–Crippen MR) is 172 cm³/mol. The highest BCUT2D eigenvalue weighted by molar-refractivity contribution is 5.97. The zero-order valence-electron chi connectivity index (χ0n) is 24.7. The third-order valence-electron chi connectivity index (χ3n) is 8.03. The number of fused-ring (bicyclic) bond motifs is 1. The van der Waals surface area contributed by atoms with Crippen molar-refractivity contribution in [2.24, 2.45) is 0 Å². The summed E-state index contributed by atoms with van der Waals surface area (Å²) in [5, 5.41) is 8.14. The molecule has 1 fully saturated rings. The van der Waals surface area contributed by atoms with Crippen LogP contribution in [0.2, 0.25) is 0 Å². The van der Waals surface area contributed by atoms with Crippen LogP contribution in [0.25, 0.3) is 28.0 Å². The van der Waals surface area contributed by atoms with Gasteiger partial charge in [0.05, 0.1) is 22.3 Å². The molecule has 1 aliphatic rings. The van der Waals surface area contributed by atoms with E-state index in [1.165, 1.54) is 0 Å². The molecule has 7 rings (SSSR count). The second-order valence-electron chi connectivity index (χ2n) is 11.1. The highest BCUT2D eigenvalue weighted by atomic mass is 19.1. The van der Waals surface area contributed by atoms with Gasteiger partial charge in [0.2, 0.25) is 11.9 Å². The summed E-state index contributed by atoms with van der Waals surface area (Å²) in [4.78, 5) is 35.9. The van der Waals surface area contributed by atoms with Crippen molar-refractivity contribution < 1.29 is 18.4 Å². The van der Waals surface area contributed by atoms with E-state index >= 15 is 0 Å². The minimum atomic E-state index is -0.733. The van der Waals surface area contributed by atoms with Gasteiger partial charge in [0.1, 0.15) is 17.3 Å². The Morgan fingerprint density at radius 3 is 2.63 bits per heavy atom. The zero-order valence-corrected chi connectivity index (χ0v) is 24.7. The van der Waals surface area contributed by atoms with Gasteiger partial charge in [0, 0.05) is 48.7 Å². The summed E-state index contributed by atoms with van der Waals surface area (Å²) in [5.41, 5.74) is 6.10. The van der Waals surface area contributed by atoms with Gasteiger partial charge in [0.15, 0.2) is 5.78 Å². The molecule has 228 valence electrons. The van der Waals surface area contributed by atoms with Crippen LogP contribution in [0.4, 0.5) is 26.1 Å². The maximum Gasteiger partial charge on any atom is 0.227 e. The van der Waals surface area contributed by atoms with E-state index in [9.17, 15) is 18.4 Å². The van der Waals surface area contributed by atoms with Crippen LogP contribution in [0.1, 0.15) is 35.2 Å². The number of benzene rings is 3. The summed E-state index contributed by atoms with van der Waals surface area (Å²) < 4.78 is 29.6. The third-order valence-corrected chi connectivity index (χ3v) is 8.03. The van der Waals surface area contributed by atoms with Gasteiger partial charge in [0.25, 0.3) is 0 Å². The largest absolute Gasteiger partial charge is 0.324 e. The third kappa shape index (κ3) is 5.84. The number of amides is 1. The molecule has 8 nitrogen and oxygen atoms in total. The van der Waals surface area contributed by atoms with Crippen molar-refractivity contribution in [3.8, 4) is 22.5 Å². The van der Waals surface area contributed by atoms with Crippen molar-refractivity contribution in [1.29, 1.82) is 0 Å². The van der Waals surface area contributed by atoms with Gasteiger partial charge in [-0.2, -0.15) is 5.10 Å². The van der Waals surface area contributed by atoms with Gasteiger partial charge in [-0.15, -0.1) is 0 Å². The number of rotatable bonds is 9. The summed E-state index contributed by atoms with van der Waals surface area (Å²) in [7, 11) is 0. The Kier molecular flexibility index (Phi) is 7.76. The number of hydrogen-bond donors (Lipinski definition) is 1. The summed E-state index contributed by atoms with van der Waals surface area (Å²) in [6, 6.07) is 25.8. The van der Waals surface area contributed by atoms with Gasteiger partial charge < -0.3 is 10.2 Å². The molecule has 1 N–H and O–H groups in total. The molecule has 1 aliphatic heterocycles. The van der Waals surface area contributed by atoms with Gasteiger partial charge in [-0.25, -0.2) is 23.3 Å².